The molecule has 1 saturated carbocycles. The third-order valence-corrected chi connectivity index (χ3v) is 2.37. The predicted molar refractivity (Wildman–Crippen MR) is 41.6 cm³/mol. The van der Waals surface area contributed by atoms with Gasteiger partial charge in [0.05, 0.1) is 19.3 Å². The highest BCUT2D eigenvalue weighted by Gasteiger charge is 2.39. The van der Waals surface area contributed by atoms with E-state index in [1.807, 2.05) is 0 Å². The number of morpholine rings is 1. The quantitative estimate of drug-likeness (QED) is 0.601. The van der Waals surface area contributed by atoms with Crippen molar-refractivity contribution >= 4 is 5.91 Å². The van der Waals surface area contributed by atoms with Crippen molar-refractivity contribution in [2.45, 2.75) is 24.9 Å². The van der Waals surface area contributed by atoms with E-state index in [4.69, 9.17) is 9.84 Å². The maximum absolute atomic E-state index is 11.3. The average molecular weight is 171 g/mol. The Labute approximate surface area is 71.1 Å². The molecule has 0 aromatic heterocycles. The summed E-state index contributed by atoms with van der Waals surface area (Å²) >= 11 is 0. The highest BCUT2D eigenvalue weighted by atomic mass is 16.5. The zero-order chi connectivity index (χ0) is 8.55. The molecule has 2 rings (SSSR count). The normalized spacial score (nSPS) is 30.9. The molecule has 2 aliphatic rings. The average Bonchev–Trinajstić information content (AvgIpc) is 2.87. The fourth-order valence-corrected chi connectivity index (χ4v) is 1.64. The maximum atomic E-state index is 11.3. The van der Waals surface area contributed by atoms with Crippen LogP contribution in [-0.2, 0) is 9.53 Å². The molecule has 1 saturated heterocycles. The molecule has 1 unspecified atom stereocenters. The van der Waals surface area contributed by atoms with Gasteiger partial charge in [-0.15, -0.1) is 0 Å². The molecule has 1 amide bonds. The molecule has 12 heavy (non-hydrogen) atoms. The molecule has 0 aromatic rings. The standard InChI is InChI=1S/C8H13NO3/c10-3-7-4-12-5-8(11)9(7)6-1-2-6/h6-7,10H,1-5H2. The largest absolute Gasteiger partial charge is 0.394 e. The molecule has 0 bridgehead atoms. The smallest absolute Gasteiger partial charge is 0.249 e. The third-order valence-electron chi connectivity index (χ3n) is 2.37. The van der Waals surface area contributed by atoms with Gasteiger partial charge in [0.1, 0.15) is 6.61 Å². The summed E-state index contributed by atoms with van der Waals surface area (Å²) in [5.74, 6) is 0.0304. The zero-order valence-electron chi connectivity index (χ0n) is 6.90. The minimum atomic E-state index is -0.0984. The van der Waals surface area contributed by atoms with Crippen molar-refractivity contribution in [3.63, 3.8) is 0 Å². The molecule has 1 aliphatic carbocycles. The van der Waals surface area contributed by atoms with Crippen LogP contribution in [0, 0.1) is 0 Å². The summed E-state index contributed by atoms with van der Waals surface area (Å²) in [6.45, 7) is 0.688. The van der Waals surface area contributed by atoms with Gasteiger partial charge in [0.15, 0.2) is 0 Å². The van der Waals surface area contributed by atoms with Crippen LogP contribution in [-0.4, -0.2) is 47.8 Å². The monoisotopic (exact) mass is 171 g/mol. The Morgan fingerprint density at radius 2 is 2.33 bits per heavy atom. The van der Waals surface area contributed by atoms with Gasteiger partial charge in [0.2, 0.25) is 5.91 Å². The molecule has 0 aromatic carbocycles. The Morgan fingerprint density at radius 3 is 2.92 bits per heavy atom. The van der Waals surface area contributed by atoms with E-state index in [9.17, 15) is 4.79 Å². The summed E-state index contributed by atoms with van der Waals surface area (Å²) in [6, 6.07) is 0.289. The lowest BCUT2D eigenvalue weighted by atomic mass is 10.2. The number of carbonyl (C=O) groups is 1. The lowest BCUT2D eigenvalue weighted by molar-refractivity contribution is -0.150. The van der Waals surface area contributed by atoms with Gasteiger partial charge in [-0.3, -0.25) is 4.79 Å². The van der Waals surface area contributed by atoms with E-state index >= 15 is 0 Å². The van der Waals surface area contributed by atoms with Crippen molar-refractivity contribution < 1.29 is 14.6 Å². The molecule has 1 N–H and O–H groups in total. The Balaban J connectivity index is 2.05. The molecular weight excluding hydrogens is 158 g/mol. The van der Waals surface area contributed by atoms with E-state index in [1.165, 1.54) is 0 Å². The lowest BCUT2D eigenvalue weighted by Crippen LogP contribution is -2.52. The molecule has 1 heterocycles. The van der Waals surface area contributed by atoms with E-state index in [1.54, 1.807) is 4.90 Å². The number of hydrogen-bond acceptors (Lipinski definition) is 3. The molecule has 1 aliphatic heterocycles. The maximum Gasteiger partial charge on any atom is 0.249 e. The fraction of sp³-hybridized carbons (Fsp3) is 0.875. The number of hydrogen-bond donors (Lipinski definition) is 1. The summed E-state index contributed by atoms with van der Waals surface area (Å²) < 4.78 is 5.04. The van der Waals surface area contributed by atoms with E-state index in [-0.39, 0.29) is 25.2 Å². The SMILES string of the molecule is O=C1COCC(CO)N1C1CC1. The van der Waals surface area contributed by atoms with Crippen LogP contribution in [0.15, 0.2) is 0 Å². The number of rotatable bonds is 2. The Bertz CT molecular complexity index is 191. The topological polar surface area (TPSA) is 49.8 Å². The van der Waals surface area contributed by atoms with Gasteiger partial charge >= 0.3 is 0 Å². The Hall–Kier alpha value is -0.610. The molecule has 2 fully saturated rings. The van der Waals surface area contributed by atoms with Gasteiger partial charge in [0.25, 0.3) is 0 Å². The molecule has 0 spiro atoms. The lowest BCUT2D eigenvalue weighted by Gasteiger charge is -2.34. The first kappa shape index (κ1) is 8.01. The summed E-state index contributed by atoms with van der Waals surface area (Å²) in [7, 11) is 0. The summed E-state index contributed by atoms with van der Waals surface area (Å²) in [6.07, 6.45) is 2.17. The van der Waals surface area contributed by atoms with Crippen LogP contribution >= 0.6 is 0 Å². The van der Waals surface area contributed by atoms with Crippen LogP contribution in [0.5, 0.6) is 0 Å². The Kier molecular flexibility index (Phi) is 2.02. The molecule has 1 atom stereocenters. The summed E-state index contributed by atoms with van der Waals surface area (Å²) in [5, 5.41) is 8.98. The van der Waals surface area contributed by atoms with E-state index in [0.717, 1.165) is 12.8 Å². The van der Waals surface area contributed by atoms with Crippen molar-refractivity contribution in [2.24, 2.45) is 0 Å². The van der Waals surface area contributed by atoms with Gasteiger partial charge in [-0.2, -0.15) is 0 Å². The van der Waals surface area contributed by atoms with Crippen LogP contribution in [0.3, 0.4) is 0 Å². The van der Waals surface area contributed by atoms with Crippen molar-refractivity contribution in [1.29, 1.82) is 0 Å². The van der Waals surface area contributed by atoms with Crippen LogP contribution < -0.4 is 0 Å². The molecular formula is C8H13NO3. The number of ether oxygens (including phenoxy) is 1. The predicted octanol–water partition coefficient (Wildman–Crippen LogP) is -0.632. The van der Waals surface area contributed by atoms with Crippen LogP contribution in [0.25, 0.3) is 0 Å². The highest BCUT2D eigenvalue weighted by molar-refractivity contribution is 5.79. The fourth-order valence-electron chi connectivity index (χ4n) is 1.64. The van der Waals surface area contributed by atoms with Gasteiger partial charge in [0, 0.05) is 6.04 Å². The summed E-state index contributed by atoms with van der Waals surface area (Å²) in [4.78, 5) is 13.1. The van der Waals surface area contributed by atoms with Gasteiger partial charge in [-0.25, -0.2) is 0 Å². The van der Waals surface area contributed by atoms with Crippen molar-refractivity contribution in [3.8, 4) is 0 Å². The van der Waals surface area contributed by atoms with E-state index in [0.29, 0.717) is 12.6 Å². The van der Waals surface area contributed by atoms with E-state index < -0.39 is 0 Å². The van der Waals surface area contributed by atoms with Crippen molar-refractivity contribution in [3.05, 3.63) is 0 Å². The van der Waals surface area contributed by atoms with Crippen molar-refractivity contribution in [1.82, 2.24) is 4.90 Å². The first-order valence-corrected chi connectivity index (χ1v) is 4.32. The van der Waals surface area contributed by atoms with Gasteiger partial charge in [-0.05, 0) is 12.8 Å². The number of aliphatic hydroxyl groups excluding tert-OH is 1. The zero-order valence-corrected chi connectivity index (χ0v) is 6.90. The van der Waals surface area contributed by atoms with Gasteiger partial charge in [-0.1, -0.05) is 0 Å². The van der Waals surface area contributed by atoms with Crippen LogP contribution in [0.1, 0.15) is 12.8 Å². The highest BCUT2D eigenvalue weighted by Crippen LogP contribution is 2.30. The molecule has 4 heteroatoms. The minimum absolute atomic E-state index is 0.0161. The minimum Gasteiger partial charge on any atom is -0.394 e. The first-order chi connectivity index (χ1) is 5.83. The van der Waals surface area contributed by atoms with Gasteiger partial charge < -0.3 is 14.7 Å². The second-order valence-corrected chi connectivity index (χ2v) is 3.38. The van der Waals surface area contributed by atoms with Crippen molar-refractivity contribution in [2.75, 3.05) is 19.8 Å². The second-order valence-electron chi connectivity index (χ2n) is 3.38. The first-order valence-electron chi connectivity index (χ1n) is 4.32. The molecule has 68 valence electrons. The number of carbonyl (C=O) groups excluding carboxylic acids is 1. The second kappa shape index (κ2) is 3.03. The van der Waals surface area contributed by atoms with E-state index in [2.05, 4.69) is 0 Å². The molecule has 4 nitrogen and oxygen atoms in total. The summed E-state index contributed by atoms with van der Waals surface area (Å²) in [5.41, 5.74) is 0. The number of nitrogens with zero attached hydrogens (tertiary/aromatic N) is 1. The Morgan fingerprint density at radius 1 is 1.58 bits per heavy atom. The van der Waals surface area contributed by atoms with Crippen LogP contribution in [0.2, 0.25) is 0 Å². The third kappa shape index (κ3) is 1.32. The molecule has 0 radical (unpaired) electrons. The van der Waals surface area contributed by atoms with Crippen LogP contribution in [0.4, 0.5) is 0 Å². The number of amides is 1. The number of aliphatic hydroxyl groups is 1.